The zero-order valence-electron chi connectivity index (χ0n) is 11.5. The maximum absolute atomic E-state index is 11.8. The van der Waals surface area contributed by atoms with Crippen molar-refractivity contribution in [3.05, 3.63) is 0 Å². The zero-order chi connectivity index (χ0) is 13.2. The Labute approximate surface area is 111 Å². The molecule has 0 amide bonds. The van der Waals surface area contributed by atoms with E-state index in [4.69, 9.17) is 10.00 Å². The molecule has 0 unspecified atom stereocenters. The van der Waals surface area contributed by atoms with Crippen LogP contribution in [0.15, 0.2) is 0 Å². The largest absolute Gasteiger partial charge is 0.465 e. The minimum Gasteiger partial charge on any atom is -0.465 e. The molecular formula is C15H25NO2. The van der Waals surface area contributed by atoms with Gasteiger partial charge < -0.3 is 4.74 Å². The summed E-state index contributed by atoms with van der Waals surface area (Å²) in [7, 11) is 0. The molecule has 0 bridgehead atoms. The van der Waals surface area contributed by atoms with Crippen molar-refractivity contribution in [1.29, 1.82) is 5.26 Å². The number of rotatable bonds is 7. The van der Waals surface area contributed by atoms with Crippen LogP contribution in [-0.2, 0) is 9.53 Å². The lowest BCUT2D eigenvalue weighted by Gasteiger charge is -2.23. The summed E-state index contributed by atoms with van der Waals surface area (Å²) in [5.41, 5.74) is 0. The van der Waals surface area contributed by atoms with Gasteiger partial charge in [-0.15, -0.1) is 0 Å². The van der Waals surface area contributed by atoms with Crippen molar-refractivity contribution < 1.29 is 9.53 Å². The van der Waals surface area contributed by atoms with E-state index in [-0.39, 0.29) is 17.8 Å². The highest BCUT2D eigenvalue weighted by atomic mass is 16.5. The number of nitriles is 1. The number of hydrogen-bond donors (Lipinski definition) is 0. The normalized spacial score (nSPS) is 23.3. The Balaban J connectivity index is 2.05. The van der Waals surface area contributed by atoms with Crippen LogP contribution in [0.5, 0.6) is 0 Å². The van der Waals surface area contributed by atoms with E-state index in [9.17, 15) is 4.79 Å². The standard InChI is InChI=1S/C15H25NO2/c1-2-3-4-5-6-11-18-15(17)14-9-7-13(12-16)8-10-14/h13-14H,2-11H2,1H3. The molecule has 3 nitrogen and oxygen atoms in total. The Morgan fingerprint density at radius 3 is 2.44 bits per heavy atom. The molecule has 1 saturated carbocycles. The number of hydrogen-bond acceptors (Lipinski definition) is 3. The van der Waals surface area contributed by atoms with Gasteiger partial charge in [0.1, 0.15) is 0 Å². The Morgan fingerprint density at radius 2 is 1.83 bits per heavy atom. The molecule has 3 heteroatoms. The number of unbranched alkanes of at least 4 members (excludes halogenated alkanes) is 4. The van der Waals surface area contributed by atoms with Crippen LogP contribution in [0.1, 0.15) is 64.7 Å². The molecular weight excluding hydrogens is 226 g/mol. The first-order valence-electron chi connectivity index (χ1n) is 7.34. The predicted molar refractivity (Wildman–Crippen MR) is 70.8 cm³/mol. The Hall–Kier alpha value is -1.04. The van der Waals surface area contributed by atoms with Gasteiger partial charge in [-0.05, 0) is 32.1 Å². The second-order valence-corrected chi connectivity index (χ2v) is 5.26. The highest BCUT2D eigenvalue weighted by Crippen LogP contribution is 2.29. The van der Waals surface area contributed by atoms with Crippen LogP contribution in [0.2, 0.25) is 0 Å². The molecule has 102 valence electrons. The van der Waals surface area contributed by atoms with Crippen molar-refractivity contribution in [1.82, 2.24) is 0 Å². The molecule has 0 N–H and O–H groups in total. The minimum atomic E-state index is -0.0399. The number of carbonyl (C=O) groups excluding carboxylic acids is 1. The second-order valence-electron chi connectivity index (χ2n) is 5.26. The lowest BCUT2D eigenvalue weighted by molar-refractivity contribution is -0.150. The van der Waals surface area contributed by atoms with Gasteiger partial charge in [0.2, 0.25) is 0 Å². The molecule has 1 aliphatic carbocycles. The van der Waals surface area contributed by atoms with Crippen molar-refractivity contribution in [2.24, 2.45) is 11.8 Å². The fraction of sp³-hybridized carbons (Fsp3) is 0.867. The molecule has 1 aliphatic rings. The fourth-order valence-electron chi connectivity index (χ4n) is 2.45. The lowest BCUT2D eigenvalue weighted by Crippen LogP contribution is -2.23. The zero-order valence-corrected chi connectivity index (χ0v) is 11.5. The van der Waals surface area contributed by atoms with Gasteiger partial charge in [-0.3, -0.25) is 4.79 Å². The van der Waals surface area contributed by atoms with E-state index < -0.39 is 0 Å². The lowest BCUT2D eigenvalue weighted by atomic mass is 9.83. The van der Waals surface area contributed by atoms with Crippen LogP contribution in [0.3, 0.4) is 0 Å². The van der Waals surface area contributed by atoms with Gasteiger partial charge in [0, 0.05) is 5.92 Å². The molecule has 18 heavy (non-hydrogen) atoms. The van der Waals surface area contributed by atoms with Gasteiger partial charge in [0.05, 0.1) is 18.6 Å². The molecule has 0 aliphatic heterocycles. The third kappa shape index (κ3) is 5.53. The van der Waals surface area contributed by atoms with E-state index in [2.05, 4.69) is 13.0 Å². The van der Waals surface area contributed by atoms with Crippen LogP contribution < -0.4 is 0 Å². The number of ether oxygens (including phenoxy) is 1. The summed E-state index contributed by atoms with van der Waals surface area (Å²) >= 11 is 0. The summed E-state index contributed by atoms with van der Waals surface area (Å²) in [6.07, 6.45) is 9.25. The summed E-state index contributed by atoms with van der Waals surface area (Å²) < 4.78 is 5.31. The first-order valence-corrected chi connectivity index (χ1v) is 7.34. The highest BCUT2D eigenvalue weighted by Gasteiger charge is 2.26. The van der Waals surface area contributed by atoms with Crippen molar-refractivity contribution in [3.8, 4) is 6.07 Å². The van der Waals surface area contributed by atoms with Crippen molar-refractivity contribution in [2.75, 3.05) is 6.61 Å². The van der Waals surface area contributed by atoms with Gasteiger partial charge in [0.25, 0.3) is 0 Å². The smallest absolute Gasteiger partial charge is 0.308 e. The molecule has 0 aromatic heterocycles. The molecule has 0 aromatic rings. The highest BCUT2D eigenvalue weighted by molar-refractivity contribution is 5.72. The number of nitrogens with zero attached hydrogens (tertiary/aromatic N) is 1. The van der Waals surface area contributed by atoms with E-state index in [0.717, 1.165) is 38.5 Å². The van der Waals surface area contributed by atoms with Gasteiger partial charge in [-0.1, -0.05) is 32.6 Å². The Kier molecular flexibility index (Phi) is 7.48. The first kappa shape index (κ1) is 15.0. The van der Waals surface area contributed by atoms with E-state index in [1.165, 1.54) is 19.3 Å². The van der Waals surface area contributed by atoms with E-state index in [1.807, 2.05) is 0 Å². The summed E-state index contributed by atoms with van der Waals surface area (Å²) in [5.74, 6) is 0.162. The molecule has 0 heterocycles. The second kappa shape index (κ2) is 8.97. The third-order valence-electron chi connectivity index (χ3n) is 3.74. The molecule has 1 fully saturated rings. The maximum Gasteiger partial charge on any atom is 0.308 e. The summed E-state index contributed by atoms with van der Waals surface area (Å²) in [6.45, 7) is 2.76. The van der Waals surface area contributed by atoms with E-state index in [1.54, 1.807) is 0 Å². The van der Waals surface area contributed by atoms with Crippen LogP contribution in [0, 0.1) is 23.2 Å². The minimum absolute atomic E-state index is 0.0399. The quantitative estimate of drug-likeness (QED) is 0.510. The van der Waals surface area contributed by atoms with Gasteiger partial charge in [-0.25, -0.2) is 0 Å². The van der Waals surface area contributed by atoms with E-state index in [0.29, 0.717) is 6.61 Å². The SMILES string of the molecule is CCCCCCCOC(=O)C1CCC(C#N)CC1. The van der Waals surface area contributed by atoms with Gasteiger partial charge in [-0.2, -0.15) is 5.26 Å². The monoisotopic (exact) mass is 251 g/mol. The van der Waals surface area contributed by atoms with Crippen LogP contribution in [0.25, 0.3) is 0 Å². The summed E-state index contributed by atoms with van der Waals surface area (Å²) in [6, 6.07) is 2.28. The summed E-state index contributed by atoms with van der Waals surface area (Å²) in [4.78, 5) is 11.8. The van der Waals surface area contributed by atoms with Crippen LogP contribution in [-0.4, -0.2) is 12.6 Å². The number of carbonyl (C=O) groups is 1. The third-order valence-corrected chi connectivity index (χ3v) is 3.74. The fourth-order valence-corrected chi connectivity index (χ4v) is 2.45. The van der Waals surface area contributed by atoms with Gasteiger partial charge in [0.15, 0.2) is 0 Å². The van der Waals surface area contributed by atoms with Gasteiger partial charge >= 0.3 is 5.97 Å². The van der Waals surface area contributed by atoms with Crippen LogP contribution in [0.4, 0.5) is 0 Å². The number of esters is 1. The molecule has 0 saturated heterocycles. The molecule has 1 rings (SSSR count). The molecule has 0 aromatic carbocycles. The predicted octanol–water partition coefficient (Wildman–Crippen LogP) is 3.83. The molecule has 0 atom stereocenters. The summed E-state index contributed by atoms with van der Waals surface area (Å²) in [5, 5.41) is 8.79. The van der Waals surface area contributed by atoms with Crippen molar-refractivity contribution in [2.45, 2.75) is 64.7 Å². The Morgan fingerprint density at radius 1 is 1.17 bits per heavy atom. The average Bonchev–Trinajstić information content (AvgIpc) is 2.42. The van der Waals surface area contributed by atoms with E-state index >= 15 is 0 Å². The molecule has 0 radical (unpaired) electrons. The first-order chi connectivity index (χ1) is 8.77. The molecule has 0 spiro atoms. The van der Waals surface area contributed by atoms with Crippen molar-refractivity contribution in [3.63, 3.8) is 0 Å². The maximum atomic E-state index is 11.8. The Bertz CT molecular complexity index is 275. The average molecular weight is 251 g/mol. The topological polar surface area (TPSA) is 50.1 Å². The van der Waals surface area contributed by atoms with Crippen LogP contribution >= 0.6 is 0 Å². The van der Waals surface area contributed by atoms with Crippen molar-refractivity contribution >= 4 is 5.97 Å².